The number of azide groups is 2. The summed E-state index contributed by atoms with van der Waals surface area (Å²) in [6, 6.07) is 15.0. The second-order valence-electron chi connectivity index (χ2n) is 5.30. The van der Waals surface area contributed by atoms with Gasteiger partial charge in [0.25, 0.3) is 0 Å². The molecule has 0 aromatic heterocycles. The highest BCUT2D eigenvalue weighted by molar-refractivity contribution is 5.83. The number of nitrogens with zero attached hydrogens (tertiary/aromatic N) is 6. The minimum atomic E-state index is 0.126. The van der Waals surface area contributed by atoms with E-state index < -0.39 is 0 Å². The Morgan fingerprint density at radius 3 is 1.38 bits per heavy atom. The molecule has 0 aliphatic rings. The fraction of sp³-hybridized carbons (Fsp3) is 0.235. The standard InChI is InChI=1S/C17H16N6O/c18-22-20-11-15-5-1-13(2-6-15)9-17(24)10-14-3-7-16(8-4-14)12-21-23-19/h1-8H,9-12H2. The quantitative estimate of drug-likeness (QED) is 0.392. The average molecular weight is 320 g/mol. The van der Waals surface area contributed by atoms with E-state index >= 15 is 0 Å². The molecule has 0 bridgehead atoms. The molecule has 0 heterocycles. The molecule has 2 rings (SSSR count). The Bertz CT molecular complexity index is 717. The van der Waals surface area contributed by atoms with Crippen LogP contribution in [0.25, 0.3) is 20.9 Å². The zero-order valence-electron chi connectivity index (χ0n) is 13.0. The molecule has 0 amide bonds. The topological polar surface area (TPSA) is 115 Å². The number of rotatable bonds is 8. The molecule has 0 unspecified atom stereocenters. The third kappa shape index (κ3) is 5.50. The van der Waals surface area contributed by atoms with Gasteiger partial charge in [0.2, 0.25) is 0 Å². The molecule has 7 nitrogen and oxygen atoms in total. The number of hydrogen-bond acceptors (Lipinski definition) is 3. The summed E-state index contributed by atoms with van der Waals surface area (Å²) in [4.78, 5) is 17.6. The van der Waals surface area contributed by atoms with Crippen molar-refractivity contribution in [2.75, 3.05) is 0 Å². The van der Waals surface area contributed by atoms with Crippen molar-refractivity contribution >= 4 is 5.78 Å². The fourth-order valence-electron chi connectivity index (χ4n) is 2.27. The third-order valence-corrected chi connectivity index (χ3v) is 3.48. The molecule has 24 heavy (non-hydrogen) atoms. The summed E-state index contributed by atoms with van der Waals surface area (Å²) in [6.07, 6.45) is 0.727. The van der Waals surface area contributed by atoms with Gasteiger partial charge in [0.1, 0.15) is 5.78 Å². The highest BCUT2D eigenvalue weighted by Crippen LogP contribution is 2.10. The smallest absolute Gasteiger partial charge is 0.141 e. The lowest BCUT2D eigenvalue weighted by atomic mass is 10.0. The number of carbonyl (C=O) groups excluding carboxylic acids is 1. The molecule has 0 atom stereocenters. The van der Waals surface area contributed by atoms with Crippen molar-refractivity contribution in [3.8, 4) is 0 Å². The van der Waals surface area contributed by atoms with Crippen LogP contribution in [0.4, 0.5) is 0 Å². The maximum atomic E-state index is 12.2. The van der Waals surface area contributed by atoms with Gasteiger partial charge in [-0.1, -0.05) is 58.8 Å². The van der Waals surface area contributed by atoms with Gasteiger partial charge in [-0.15, -0.1) is 0 Å². The van der Waals surface area contributed by atoms with Crippen molar-refractivity contribution in [1.82, 2.24) is 0 Å². The van der Waals surface area contributed by atoms with Gasteiger partial charge in [-0.2, -0.15) is 0 Å². The molecule has 0 saturated carbocycles. The number of benzene rings is 2. The monoisotopic (exact) mass is 320 g/mol. The highest BCUT2D eigenvalue weighted by atomic mass is 16.1. The molecule has 2 aromatic carbocycles. The first-order valence-corrected chi connectivity index (χ1v) is 7.40. The molecule has 120 valence electrons. The van der Waals surface area contributed by atoms with Gasteiger partial charge in [0, 0.05) is 22.7 Å². The van der Waals surface area contributed by atoms with E-state index in [1.54, 1.807) is 0 Å². The van der Waals surface area contributed by atoms with Crippen LogP contribution in [0.1, 0.15) is 22.3 Å². The molecular formula is C17H16N6O. The molecule has 0 aliphatic heterocycles. The molecule has 0 fully saturated rings. The summed E-state index contributed by atoms with van der Waals surface area (Å²) in [6.45, 7) is 0.625. The van der Waals surface area contributed by atoms with Gasteiger partial charge >= 0.3 is 0 Å². The van der Waals surface area contributed by atoms with Gasteiger partial charge in [0.05, 0.1) is 13.1 Å². The Morgan fingerprint density at radius 1 is 0.708 bits per heavy atom. The van der Waals surface area contributed by atoms with E-state index in [4.69, 9.17) is 11.1 Å². The van der Waals surface area contributed by atoms with Gasteiger partial charge in [0.15, 0.2) is 0 Å². The second kappa shape index (κ2) is 9.00. The SMILES string of the molecule is [N-]=[N+]=NCc1ccc(CC(=O)Cc2ccc(CN=[N+]=[N-])cc2)cc1. The van der Waals surface area contributed by atoms with Crippen LogP contribution < -0.4 is 0 Å². The van der Waals surface area contributed by atoms with Gasteiger partial charge in [-0.25, -0.2) is 0 Å². The third-order valence-electron chi connectivity index (χ3n) is 3.48. The molecule has 2 aromatic rings. The summed E-state index contributed by atoms with van der Waals surface area (Å²) in [5.74, 6) is 0.126. The average Bonchev–Trinajstić information content (AvgIpc) is 2.60. The Morgan fingerprint density at radius 2 is 1.04 bits per heavy atom. The van der Waals surface area contributed by atoms with E-state index in [9.17, 15) is 4.79 Å². The summed E-state index contributed by atoms with van der Waals surface area (Å²) >= 11 is 0. The van der Waals surface area contributed by atoms with Crippen molar-refractivity contribution in [3.05, 3.63) is 91.7 Å². The molecular weight excluding hydrogens is 304 g/mol. The van der Waals surface area contributed by atoms with E-state index in [1.807, 2.05) is 48.5 Å². The number of hydrogen-bond donors (Lipinski definition) is 0. The molecule has 0 saturated heterocycles. The second-order valence-corrected chi connectivity index (χ2v) is 5.30. The van der Waals surface area contributed by atoms with Crippen LogP contribution in [-0.4, -0.2) is 5.78 Å². The lowest BCUT2D eigenvalue weighted by Crippen LogP contribution is -2.06. The number of ketones is 1. The van der Waals surface area contributed by atoms with E-state index in [1.165, 1.54) is 0 Å². The number of carbonyl (C=O) groups is 1. The van der Waals surface area contributed by atoms with E-state index in [2.05, 4.69) is 20.1 Å². The Hall–Kier alpha value is -3.27. The Kier molecular flexibility index (Phi) is 6.41. The minimum absolute atomic E-state index is 0.126. The van der Waals surface area contributed by atoms with Crippen LogP contribution in [0, 0.1) is 0 Å². The molecule has 7 heteroatoms. The summed E-state index contributed by atoms with van der Waals surface area (Å²) in [5.41, 5.74) is 20.3. The van der Waals surface area contributed by atoms with E-state index in [0.717, 1.165) is 22.3 Å². The van der Waals surface area contributed by atoms with Gasteiger partial charge < -0.3 is 0 Å². The van der Waals surface area contributed by atoms with Crippen LogP contribution >= 0.6 is 0 Å². The molecule has 0 radical (unpaired) electrons. The highest BCUT2D eigenvalue weighted by Gasteiger charge is 2.06. The summed E-state index contributed by atoms with van der Waals surface area (Å²) in [7, 11) is 0. The lowest BCUT2D eigenvalue weighted by molar-refractivity contribution is -0.117. The first-order valence-electron chi connectivity index (χ1n) is 7.40. The number of Topliss-reactive ketones (excluding diaryl/α,β-unsaturated/α-hetero) is 1. The minimum Gasteiger partial charge on any atom is -0.299 e. The summed E-state index contributed by atoms with van der Waals surface area (Å²) < 4.78 is 0. The maximum Gasteiger partial charge on any atom is 0.141 e. The molecule has 0 N–H and O–H groups in total. The predicted molar refractivity (Wildman–Crippen MR) is 91.0 cm³/mol. The Labute approximate surface area is 139 Å². The van der Waals surface area contributed by atoms with Gasteiger partial charge in [-0.3, -0.25) is 4.79 Å². The van der Waals surface area contributed by atoms with E-state index in [-0.39, 0.29) is 5.78 Å². The first-order chi connectivity index (χ1) is 11.7. The van der Waals surface area contributed by atoms with Crippen molar-refractivity contribution in [2.45, 2.75) is 25.9 Å². The first kappa shape index (κ1) is 17.1. The summed E-state index contributed by atoms with van der Waals surface area (Å²) in [5, 5.41) is 7.00. The van der Waals surface area contributed by atoms with Crippen LogP contribution in [0.5, 0.6) is 0 Å². The van der Waals surface area contributed by atoms with Crippen LogP contribution in [0.3, 0.4) is 0 Å². The van der Waals surface area contributed by atoms with Crippen LogP contribution in [0.2, 0.25) is 0 Å². The van der Waals surface area contributed by atoms with Crippen LogP contribution in [-0.2, 0) is 30.7 Å². The van der Waals surface area contributed by atoms with E-state index in [0.29, 0.717) is 25.9 Å². The lowest BCUT2D eigenvalue weighted by Gasteiger charge is -2.04. The Balaban J connectivity index is 1.90. The van der Waals surface area contributed by atoms with Crippen molar-refractivity contribution in [2.24, 2.45) is 10.2 Å². The largest absolute Gasteiger partial charge is 0.299 e. The predicted octanol–water partition coefficient (Wildman–Crippen LogP) is 4.66. The normalized spacial score (nSPS) is 9.67. The van der Waals surface area contributed by atoms with Crippen LogP contribution in [0.15, 0.2) is 58.8 Å². The van der Waals surface area contributed by atoms with Crippen molar-refractivity contribution in [3.63, 3.8) is 0 Å². The zero-order valence-corrected chi connectivity index (χ0v) is 13.0. The van der Waals surface area contributed by atoms with Crippen molar-refractivity contribution < 1.29 is 4.79 Å². The molecule has 0 aliphatic carbocycles. The van der Waals surface area contributed by atoms with Crippen molar-refractivity contribution in [1.29, 1.82) is 0 Å². The maximum absolute atomic E-state index is 12.2. The molecule has 0 spiro atoms. The van der Waals surface area contributed by atoms with Gasteiger partial charge in [-0.05, 0) is 33.3 Å². The zero-order chi connectivity index (χ0) is 17.2. The fourth-order valence-corrected chi connectivity index (χ4v) is 2.27.